The third kappa shape index (κ3) is 5.35. The van der Waals surface area contributed by atoms with Gasteiger partial charge in [0.2, 0.25) is 5.91 Å². The van der Waals surface area contributed by atoms with E-state index in [1.807, 2.05) is 0 Å². The molecule has 15 heteroatoms. The molecule has 11 atom stereocenters. The second-order valence-corrected chi connectivity index (χ2v) is 7.69. The van der Waals surface area contributed by atoms with E-state index in [2.05, 4.69) is 5.32 Å². The van der Waals surface area contributed by atoms with E-state index in [0.717, 1.165) is 6.92 Å². The quantitative estimate of drug-likeness (QED) is 0.158. The lowest BCUT2D eigenvalue weighted by Crippen LogP contribution is -2.69. The molecule has 0 aromatic rings. The van der Waals surface area contributed by atoms with E-state index >= 15 is 0 Å². The third-order valence-electron chi connectivity index (χ3n) is 5.34. The Morgan fingerprint density at radius 1 is 1.12 bits per heavy atom. The Morgan fingerprint density at radius 2 is 1.75 bits per heavy atom. The van der Waals surface area contributed by atoms with Crippen LogP contribution in [0.4, 0.5) is 0 Å². The Hall–Kier alpha value is -1.50. The number of nitrogens with one attached hydrogen (secondary N) is 1. The maximum absolute atomic E-state index is 12.1. The molecule has 2 rings (SSSR count). The molecule has 0 bridgehead atoms. The second kappa shape index (κ2) is 10.6. The van der Waals surface area contributed by atoms with Crippen LogP contribution in [0.1, 0.15) is 13.3 Å². The molecule has 0 aromatic heterocycles. The van der Waals surface area contributed by atoms with Gasteiger partial charge in [-0.2, -0.15) is 0 Å². The van der Waals surface area contributed by atoms with Crippen molar-refractivity contribution in [3.63, 3.8) is 0 Å². The van der Waals surface area contributed by atoms with Crippen LogP contribution in [0.15, 0.2) is 0 Å². The zero-order valence-electron chi connectivity index (χ0n) is 17.0. The number of carboxylic acids is 1. The largest absolute Gasteiger partial charge is 0.477 e. The zero-order valence-corrected chi connectivity index (χ0v) is 17.0. The van der Waals surface area contributed by atoms with Crippen molar-refractivity contribution in [2.75, 3.05) is 13.2 Å². The summed E-state index contributed by atoms with van der Waals surface area (Å²) in [6, 6.07) is -1.44. The first-order valence-corrected chi connectivity index (χ1v) is 9.70. The van der Waals surface area contributed by atoms with E-state index in [0.29, 0.717) is 0 Å². The molecule has 0 aliphatic carbocycles. The van der Waals surface area contributed by atoms with Gasteiger partial charge < -0.3 is 65.5 Å². The number of aliphatic hydroxyl groups is 8. The Balaban J connectivity index is 2.39. The first kappa shape index (κ1) is 26.7. The summed E-state index contributed by atoms with van der Waals surface area (Å²) in [7, 11) is 0. The molecular weight excluding hydrogens is 442 g/mol. The molecule has 2 fully saturated rings. The number of amides is 1. The third-order valence-corrected chi connectivity index (χ3v) is 5.34. The molecule has 0 radical (unpaired) electrons. The van der Waals surface area contributed by atoms with Gasteiger partial charge in [-0.3, -0.25) is 4.79 Å². The number of aliphatic carboxylic acids is 1. The number of hydrogen-bond donors (Lipinski definition) is 10. The zero-order chi connectivity index (χ0) is 24.4. The molecule has 2 aliphatic heterocycles. The van der Waals surface area contributed by atoms with Crippen LogP contribution in [0.25, 0.3) is 0 Å². The fourth-order valence-corrected chi connectivity index (χ4v) is 3.60. The number of carboxylic acid groups (broad SMARTS) is 1. The predicted octanol–water partition coefficient (Wildman–Crippen LogP) is -6.05. The minimum absolute atomic E-state index is 0.689. The lowest BCUT2D eigenvalue weighted by atomic mass is 9.88. The van der Waals surface area contributed by atoms with Crippen molar-refractivity contribution in [3.05, 3.63) is 0 Å². The molecule has 186 valence electrons. The molecule has 0 saturated carbocycles. The van der Waals surface area contributed by atoms with Gasteiger partial charge in [-0.15, -0.1) is 0 Å². The average molecular weight is 471 g/mol. The van der Waals surface area contributed by atoms with Crippen molar-refractivity contribution >= 4 is 11.9 Å². The van der Waals surface area contributed by atoms with Gasteiger partial charge in [-0.25, -0.2) is 4.79 Å². The average Bonchev–Trinajstić information content (AvgIpc) is 2.74. The Kier molecular flexibility index (Phi) is 8.88. The topological polar surface area (TPSA) is 256 Å². The van der Waals surface area contributed by atoms with Gasteiger partial charge in [0.15, 0.2) is 6.29 Å². The van der Waals surface area contributed by atoms with Crippen molar-refractivity contribution < 1.29 is 69.8 Å². The molecule has 2 heterocycles. The van der Waals surface area contributed by atoms with Crippen LogP contribution in [0, 0.1) is 0 Å². The highest BCUT2D eigenvalue weighted by Crippen LogP contribution is 2.36. The second-order valence-electron chi connectivity index (χ2n) is 7.69. The first-order chi connectivity index (χ1) is 14.9. The molecule has 10 N–H and O–H groups in total. The normalized spacial score (nSPS) is 42.2. The van der Waals surface area contributed by atoms with E-state index < -0.39 is 98.5 Å². The number of rotatable bonds is 8. The summed E-state index contributed by atoms with van der Waals surface area (Å²) >= 11 is 0. The Labute approximate surface area is 181 Å². The number of hydrogen-bond acceptors (Lipinski definition) is 13. The summed E-state index contributed by atoms with van der Waals surface area (Å²) in [6.07, 6.45) is -17.4. The Morgan fingerprint density at radius 3 is 2.25 bits per heavy atom. The van der Waals surface area contributed by atoms with Crippen molar-refractivity contribution in [3.8, 4) is 0 Å². The summed E-state index contributed by atoms with van der Waals surface area (Å²) in [5.74, 6) is -5.40. The first-order valence-electron chi connectivity index (χ1n) is 9.70. The highest BCUT2D eigenvalue weighted by molar-refractivity contribution is 5.76. The lowest BCUT2D eigenvalue weighted by molar-refractivity contribution is -0.387. The molecule has 2 saturated heterocycles. The van der Waals surface area contributed by atoms with Gasteiger partial charge in [0.25, 0.3) is 5.79 Å². The number of aliphatic hydroxyl groups excluding tert-OH is 8. The fraction of sp³-hybridized carbons (Fsp3) is 0.882. The van der Waals surface area contributed by atoms with Gasteiger partial charge in [0.1, 0.15) is 42.7 Å². The van der Waals surface area contributed by atoms with Crippen LogP contribution < -0.4 is 5.32 Å². The van der Waals surface area contributed by atoms with E-state index in [9.17, 15) is 50.4 Å². The van der Waals surface area contributed by atoms with Gasteiger partial charge in [-0.1, -0.05) is 0 Å². The van der Waals surface area contributed by atoms with Crippen molar-refractivity contribution in [2.24, 2.45) is 0 Å². The molecule has 32 heavy (non-hydrogen) atoms. The predicted molar refractivity (Wildman–Crippen MR) is 97.4 cm³/mol. The maximum atomic E-state index is 12.1. The maximum Gasteiger partial charge on any atom is 0.364 e. The molecule has 15 nitrogen and oxygen atoms in total. The van der Waals surface area contributed by atoms with E-state index in [1.54, 1.807) is 0 Å². The molecule has 0 unspecified atom stereocenters. The number of carbonyl (C=O) groups is 2. The van der Waals surface area contributed by atoms with Crippen molar-refractivity contribution in [2.45, 2.75) is 80.3 Å². The summed E-state index contributed by atoms with van der Waals surface area (Å²) in [6.45, 7) is -0.733. The molecule has 0 spiro atoms. The van der Waals surface area contributed by atoms with Crippen LogP contribution >= 0.6 is 0 Å². The minimum atomic E-state index is -2.84. The van der Waals surface area contributed by atoms with Gasteiger partial charge in [0, 0.05) is 13.3 Å². The number of carbonyl (C=O) groups excluding carboxylic acids is 1. The standard InChI is InChI=1S/C17H29NO14/c1-5(21)18-9-6(22)2-17(16(28)29,31-14(9)10(24)7(23)3-19)32-15-13(27)12(26)11(25)8(4-20)30-15/h6-15,19-20,22-27H,2-4H2,1H3,(H,18,21)(H,28,29)/t6-,7+,8+,9+,10+,11+,12-,13+,14+,15-,17-/m0/s1. The summed E-state index contributed by atoms with van der Waals surface area (Å²) < 4.78 is 15.7. The lowest BCUT2D eigenvalue weighted by Gasteiger charge is -2.49. The summed E-state index contributed by atoms with van der Waals surface area (Å²) in [4.78, 5) is 23.6. The molecule has 0 aromatic carbocycles. The van der Waals surface area contributed by atoms with Crippen LogP contribution in [-0.2, 0) is 23.8 Å². The van der Waals surface area contributed by atoms with Crippen LogP contribution in [0.5, 0.6) is 0 Å². The smallest absolute Gasteiger partial charge is 0.364 e. The monoisotopic (exact) mass is 471 g/mol. The van der Waals surface area contributed by atoms with Gasteiger partial charge in [0.05, 0.1) is 25.4 Å². The van der Waals surface area contributed by atoms with Crippen LogP contribution in [-0.4, -0.2) is 138 Å². The Bertz CT molecular complexity index is 663. The SMILES string of the molecule is CC(=O)N[C@H]1[C@H]([C@H](O)[C@H](O)CO)O[C@@](O[C@@H]2O[C@H](CO)[C@@H](O)[C@H](O)[C@H]2O)(C(=O)O)C[C@@H]1O. The van der Waals surface area contributed by atoms with Crippen LogP contribution in [0.3, 0.4) is 0 Å². The molecular formula is C17H29NO14. The number of ether oxygens (including phenoxy) is 3. The van der Waals surface area contributed by atoms with Crippen LogP contribution in [0.2, 0.25) is 0 Å². The van der Waals surface area contributed by atoms with E-state index in [-0.39, 0.29) is 0 Å². The molecule has 1 amide bonds. The fourth-order valence-electron chi connectivity index (χ4n) is 3.60. The van der Waals surface area contributed by atoms with E-state index in [1.165, 1.54) is 0 Å². The van der Waals surface area contributed by atoms with E-state index in [4.69, 9.17) is 19.3 Å². The highest BCUT2D eigenvalue weighted by atomic mass is 16.8. The van der Waals surface area contributed by atoms with Gasteiger partial charge in [-0.05, 0) is 0 Å². The minimum Gasteiger partial charge on any atom is -0.477 e. The highest BCUT2D eigenvalue weighted by Gasteiger charge is 2.58. The molecule has 2 aliphatic rings. The van der Waals surface area contributed by atoms with Crippen molar-refractivity contribution in [1.82, 2.24) is 5.32 Å². The van der Waals surface area contributed by atoms with Gasteiger partial charge >= 0.3 is 5.97 Å². The summed E-state index contributed by atoms with van der Waals surface area (Å²) in [5, 5.41) is 91.0. The van der Waals surface area contributed by atoms with Crippen molar-refractivity contribution in [1.29, 1.82) is 0 Å². The summed E-state index contributed by atoms with van der Waals surface area (Å²) in [5.41, 5.74) is 0.